The van der Waals surface area contributed by atoms with Crippen LogP contribution in [0.2, 0.25) is 0 Å². The van der Waals surface area contributed by atoms with Gasteiger partial charge in [0.25, 0.3) is 5.56 Å². The van der Waals surface area contributed by atoms with Gasteiger partial charge in [0.1, 0.15) is 0 Å². The fourth-order valence-corrected chi connectivity index (χ4v) is 2.99. The van der Waals surface area contributed by atoms with Gasteiger partial charge in [0.2, 0.25) is 5.91 Å². The molecule has 1 aromatic carbocycles. The average molecular weight is 314 g/mol. The molecule has 2 heterocycles. The molecule has 23 heavy (non-hydrogen) atoms. The first-order valence-electron chi connectivity index (χ1n) is 8.05. The number of amides is 1. The van der Waals surface area contributed by atoms with Crippen LogP contribution in [0.1, 0.15) is 24.5 Å². The van der Waals surface area contributed by atoms with Crippen LogP contribution in [0.3, 0.4) is 0 Å². The molecule has 1 aliphatic rings. The van der Waals surface area contributed by atoms with E-state index in [1.165, 1.54) is 0 Å². The molecule has 3 rings (SSSR count). The molecular formula is C18H22N2O3. The molecule has 0 aliphatic carbocycles. The van der Waals surface area contributed by atoms with Crippen LogP contribution in [0.15, 0.2) is 29.1 Å². The molecule has 0 spiro atoms. The van der Waals surface area contributed by atoms with Gasteiger partial charge < -0.3 is 14.6 Å². The lowest BCUT2D eigenvalue weighted by atomic mass is 10.1. The van der Waals surface area contributed by atoms with Crippen molar-refractivity contribution in [1.82, 2.24) is 9.88 Å². The summed E-state index contributed by atoms with van der Waals surface area (Å²) >= 11 is 0. The summed E-state index contributed by atoms with van der Waals surface area (Å²) in [7, 11) is 0. The van der Waals surface area contributed by atoms with Crippen LogP contribution in [-0.2, 0) is 16.0 Å². The van der Waals surface area contributed by atoms with Gasteiger partial charge in [-0.05, 0) is 43.4 Å². The Morgan fingerprint density at radius 1 is 1.39 bits per heavy atom. The summed E-state index contributed by atoms with van der Waals surface area (Å²) in [5.74, 6) is 0.0866. The number of morpholine rings is 1. The molecule has 0 saturated carbocycles. The van der Waals surface area contributed by atoms with E-state index in [0.29, 0.717) is 38.1 Å². The second kappa shape index (κ2) is 6.54. The lowest BCUT2D eigenvalue weighted by Crippen LogP contribution is -2.44. The van der Waals surface area contributed by atoms with Crippen molar-refractivity contribution in [3.63, 3.8) is 0 Å². The molecule has 1 unspecified atom stereocenters. The minimum Gasteiger partial charge on any atom is -0.375 e. The van der Waals surface area contributed by atoms with Gasteiger partial charge in [0.15, 0.2) is 0 Å². The largest absolute Gasteiger partial charge is 0.375 e. The van der Waals surface area contributed by atoms with Crippen LogP contribution in [0, 0.1) is 6.92 Å². The lowest BCUT2D eigenvalue weighted by Gasteiger charge is -2.31. The molecule has 0 bridgehead atoms. The molecule has 1 aromatic heterocycles. The average Bonchev–Trinajstić information content (AvgIpc) is 2.52. The number of hydrogen-bond donors (Lipinski definition) is 1. The molecule has 1 saturated heterocycles. The van der Waals surface area contributed by atoms with Crippen LogP contribution in [0.25, 0.3) is 10.9 Å². The molecule has 1 amide bonds. The Morgan fingerprint density at radius 2 is 2.22 bits per heavy atom. The predicted molar refractivity (Wildman–Crippen MR) is 89.6 cm³/mol. The number of nitrogens with zero attached hydrogens (tertiary/aromatic N) is 1. The van der Waals surface area contributed by atoms with Crippen molar-refractivity contribution >= 4 is 16.8 Å². The van der Waals surface area contributed by atoms with Crippen molar-refractivity contribution < 1.29 is 9.53 Å². The second-order valence-corrected chi connectivity index (χ2v) is 6.24. The van der Waals surface area contributed by atoms with Gasteiger partial charge in [-0.25, -0.2) is 0 Å². The minimum absolute atomic E-state index is 0.0833. The van der Waals surface area contributed by atoms with Gasteiger partial charge in [-0.1, -0.05) is 12.1 Å². The number of aromatic nitrogens is 1. The van der Waals surface area contributed by atoms with Gasteiger partial charge in [0.05, 0.1) is 12.7 Å². The van der Waals surface area contributed by atoms with E-state index >= 15 is 0 Å². The maximum absolute atomic E-state index is 12.3. The molecule has 5 nitrogen and oxygen atoms in total. The second-order valence-electron chi connectivity index (χ2n) is 6.24. The first kappa shape index (κ1) is 15.7. The summed E-state index contributed by atoms with van der Waals surface area (Å²) in [5, 5.41) is 0.998. The van der Waals surface area contributed by atoms with Crippen molar-refractivity contribution in [3.05, 3.63) is 45.7 Å². The summed E-state index contributed by atoms with van der Waals surface area (Å²) in [6, 6.07) is 7.86. The summed E-state index contributed by atoms with van der Waals surface area (Å²) < 4.78 is 5.45. The fraction of sp³-hybridized carbons (Fsp3) is 0.444. The van der Waals surface area contributed by atoms with Gasteiger partial charge in [-0.2, -0.15) is 0 Å². The Hall–Kier alpha value is -2.14. The standard InChI is InChI=1S/C18H22N2O3/c1-12-3-4-14-10-15(18(22)19-16(14)9-12)5-6-17(21)20-7-8-23-13(2)11-20/h3-4,9-10,13H,5-8,11H2,1-2H3,(H,19,22). The number of fused-ring (bicyclic) bond motifs is 1. The van der Waals surface area contributed by atoms with Gasteiger partial charge in [-0.3, -0.25) is 9.59 Å². The Bertz CT molecular complexity index is 781. The van der Waals surface area contributed by atoms with E-state index < -0.39 is 0 Å². The topological polar surface area (TPSA) is 62.4 Å². The summed E-state index contributed by atoms with van der Waals surface area (Å²) in [6.45, 7) is 5.81. The third-order valence-electron chi connectivity index (χ3n) is 4.28. The molecule has 2 aromatic rings. The number of aryl methyl sites for hydroxylation is 2. The highest BCUT2D eigenvalue weighted by molar-refractivity contribution is 5.80. The van der Waals surface area contributed by atoms with Gasteiger partial charge in [-0.15, -0.1) is 0 Å². The van der Waals surface area contributed by atoms with E-state index in [0.717, 1.165) is 16.5 Å². The zero-order valence-electron chi connectivity index (χ0n) is 13.6. The van der Waals surface area contributed by atoms with Crippen LogP contribution in [0.4, 0.5) is 0 Å². The van der Waals surface area contributed by atoms with E-state index in [4.69, 9.17) is 4.74 Å². The third-order valence-corrected chi connectivity index (χ3v) is 4.28. The van der Waals surface area contributed by atoms with E-state index in [2.05, 4.69) is 4.98 Å². The Kier molecular flexibility index (Phi) is 4.48. The van der Waals surface area contributed by atoms with Crippen LogP contribution < -0.4 is 5.56 Å². The third kappa shape index (κ3) is 3.62. The molecule has 1 atom stereocenters. The summed E-state index contributed by atoms with van der Waals surface area (Å²) in [4.78, 5) is 29.2. The number of benzene rings is 1. The van der Waals surface area contributed by atoms with E-state index in [-0.39, 0.29) is 17.6 Å². The first-order valence-corrected chi connectivity index (χ1v) is 8.05. The fourth-order valence-electron chi connectivity index (χ4n) is 2.99. The SMILES string of the molecule is Cc1ccc2cc(CCC(=O)N3CCOC(C)C3)c(=O)[nH]c2c1. The van der Waals surface area contributed by atoms with Crippen LogP contribution in [0.5, 0.6) is 0 Å². The zero-order valence-corrected chi connectivity index (χ0v) is 13.6. The van der Waals surface area contributed by atoms with Crippen LogP contribution >= 0.6 is 0 Å². The zero-order chi connectivity index (χ0) is 16.4. The normalized spacial score (nSPS) is 18.3. The number of rotatable bonds is 3. The highest BCUT2D eigenvalue weighted by Gasteiger charge is 2.21. The molecular weight excluding hydrogens is 292 g/mol. The number of pyridine rings is 1. The molecule has 1 fully saturated rings. The number of carbonyl (C=O) groups excluding carboxylic acids is 1. The molecule has 122 valence electrons. The number of ether oxygens (including phenoxy) is 1. The van der Waals surface area contributed by atoms with Crippen LogP contribution in [-0.4, -0.2) is 41.6 Å². The maximum atomic E-state index is 12.3. The van der Waals surface area contributed by atoms with E-state index in [9.17, 15) is 9.59 Å². The Morgan fingerprint density at radius 3 is 3.00 bits per heavy atom. The highest BCUT2D eigenvalue weighted by Crippen LogP contribution is 2.14. The minimum atomic E-state index is -0.105. The summed E-state index contributed by atoms with van der Waals surface area (Å²) in [5.41, 5.74) is 2.51. The van der Waals surface area contributed by atoms with Gasteiger partial charge in [0, 0.05) is 30.6 Å². The van der Waals surface area contributed by atoms with E-state index in [1.54, 1.807) is 0 Å². The maximum Gasteiger partial charge on any atom is 0.251 e. The quantitative estimate of drug-likeness (QED) is 0.943. The number of H-pyrrole nitrogens is 1. The number of aromatic amines is 1. The number of hydrogen-bond acceptors (Lipinski definition) is 3. The summed E-state index contributed by atoms with van der Waals surface area (Å²) in [6.07, 6.45) is 0.900. The monoisotopic (exact) mass is 314 g/mol. The highest BCUT2D eigenvalue weighted by atomic mass is 16.5. The smallest absolute Gasteiger partial charge is 0.251 e. The number of carbonyl (C=O) groups is 1. The van der Waals surface area contributed by atoms with Crippen molar-refractivity contribution in [1.29, 1.82) is 0 Å². The Labute approximate surface area is 135 Å². The molecule has 0 radical (unpaired) electrons. The van der Waals surface area contributed by atoms with Crippen molar-refractivity contribution in [3.8, 4) is 0 Å². The van der Waals surface area contributed by atoms with Crippen molar-refractivity contribution in [2.45, 2.75) is 32.8 Å². The molecule has 1 aliphatic heterocycles. The van der Waals surface area contributed by atoms with Gasteiger partial charge >= 0.3 is 0 Å². The first-order chi connectivity index (χ1) is 11.0. The van der Waals surface area contributed by atoms with Crippen molar-refractivity contribution in [2.75, 3.05) is 19.7 Å². The number of nitrogens with one attached hydrogen (secondary N) is 1. The Balaban J connectivity index is 1.71. The lowest BCUT2D eigenvalue weighted by molar-refractivity contribution is -0.138. The molecule has 5 heteroatoms. The molecule has 1 N–H and O–H groups in total. The van der Waals surface area contributed by atoms with E-state index in [1.807, 2.05) is 43.0 Å². The predicted octanol–water partition coefficient (Wildman–Crippen LogP) is 2.02. The van der Waals surface area contributed by atoms with Crippen molar-refractivity contribution in [2.24, 2.45) is 0 Å².